The molecule has 0 unspecified atom stereocenters. The van der Waals surface area contributed by atoms with Crippen molar-refractivity contribution < 1.29 is 9.90 Å². The molecule has 0 spiro atoms. The molecule has 1 atom stereocenters. The number of carbonyl (C=O) groups excluding carboxylic acids is 1. The van der Waals surface area contributed by atoms with Crippen molar-refractivity contribution in [3.05, 3.63) is 46.5 Å². The van der Waals surface area contributed by atoms with Crippen molar-refractivity contribution in [3.8, 4) is 0 Å². The van der Waals surface area contributed by atoms with Crippen molar-refractivity contribution in [2.45, 2.75) is 19.1 Å². The van der Waals surface area contributed by atoms with Crippen LogP contribution < -0.4 is 5.32 Å². The Morgan fingerprint density at radius 3 is 3.00 bits per heavy atom. The average molecular weight is 318 g/mol. The SMILES string of the molecule is O=C(NC[C@@H](O)CN1CCc2ccccc2C1)c1csnn1. The average Bonchev–Trinajstić information content (AvgIpc) is 3.07. The second-order valence-electron chi connectivity index (χ2n) is 5.41. The predicted molar refractivity (Wildman–Crippen MR) is 83.7 cm³/mol. The van der Waals surface area contributed by atoms with Gasteiger partial charge in [-0.15, -0.1) is 5.10 Å². The first-order chi connectivity index (χ1) is 10.7. The highest BCUT2D eigenvalue weighted by Gasteiger charge is 2.19. The predicted octanol–water partition coefficient (Wildman–Crippen LogP) is 0.687. The summed E-state index contributed by atoms with van der Waals surface area (Å²) < 4.78 is 3.65. The van der Waals surface area contributed by atoms with Crippen molar-refractivity contribution in [3.63, 3.8) is 0 Å². The summed E-state index contributed by atoms with van der Waals surface area (Å²) in [4.78, 5) is 13.9. The van der Waals surface area contributed by atoms with Gasteiger partial charge in [-0.25, -0.2) is 0 Å². The number of hydrogen-bond donors (Lipinski definition) is 2. The smallest absolute Gasteiger partial charge is 0.272 e. The van der Waals surface area contributed by atoms with Gasteiger partial charge in [0.25, 0.3) is 5.91 Å². The number of fused-ring (bicyclic) bond motifs is 1. The fourth-order valence-corrected chi connectivity index (χ4v) is 3.07. The minimum Gasteiger partial charge on any atom is -0.390 e. The van der Waals surface area contributed by atoms with Crippen LogP contribution in [0.4, 0.5) is 0 Å². The second kappa shape index (κ2) is 6.95. The summed E-state index contributed by atoms with van der Waals surface area (Å²) in [6.45, 7) is 2.54. The zero-order valence-corrected chi connectivity index (χ0v) is 12.9. The van der Waals surface area contributed by atoms with E-state index in [1.807, 2.05) is 6.07 Å². The summed E-state index contributed by atoms with van der Waals surface area (Å²) in [6.07, 6.45) is 0.403. The fraction of sp³-hybridized carbons (Fsp3) is 0.400. The highest BCUT2D eigenvalue weighted by atomic mass is 32.1. The summed E-state index contributed by atoms with van der Waals surface area (Å²) in [5, 5.41) is 18.1. The summed E-state index contributed by atoms with van der Waals surface area (Å²) in [5.74, 6) is -0.295. The molecule has 2 heterocycles. The normalized spacial score (nSPS) is 16.0. The van der Waals surface area contributed by atoms with Crippen molar-refractivity contribution in [2.24, 2.45) is 0 Å². The van der Waals surface area contributed by atoms with Crippen molar-refractivity contribution in [1.82, 2.24) is 19.8 Å². The van der Waals surface area contributed by atoms with E-state index < -0.39 is 6.10 Å². The number of amides is 1. The molecule has 22 heavy (non-hydrogen) atoms. The van der Waals surface area contributed by atoms with E-state index in [2.05, 4.69) is 38.0 Å². The highest BCUT2D eigenvalue weighted by Crippen LogP contribution is 2.18. The molecule has 116 valence electrons. The van der Waals surface area contributed by atoms with Gasteiger partial charge in [0.2, 0.25) is 0 Å². The van der Waals surface area contributed by atoms with E-state index in [1.54, 1.807) is 5.38 Å². The minimum absolute atomic E-state index is 0.217. The molecule has 2 N–H and O–H groups in total. The van der Waals surface area contributed by atoms with Crippen LogP contribution in [-0.4, -0.2) is 51.2 Å². The first-order valence-electron chi connectivity index (χ1n) is 7.25. The molecule has 0 saturated heterocycles. The van der Waals surface area contributed by atoms with E-state index in [1.165, 1.54) is 11.1 Å². The van der Waals surface area contributed by atoms with Gasteiger partial charge >= 0.3 is 0 Å². The standard InChI is InChI=1S/C15H18N4O2S/c20-13(7-16-15(21)14-10-22-18-17-14)9-19-6-5-11-3-1-2-4-12(11)8-19/h1-4,10,13,20H,5-9H2,(H,16,21)/t13-/m1/s1. The number of nitrogens with zero attached hydrogens (tertiary/aromatic N) is 3. The van der Waals surface area contributed by atoms with Crippen LogP contribution in [0, 0.1) is 0 Å². The molecule has 1 aromatic heterocycles. The monoisotopic (exact) mass is 318 g/mol. The molecule has 1 amide bonds. The van der Waals surface area contributed by atoms with Crippen molar-refractivity contribution in [1.29, 1.82) is 0 Å². The molecule has 0 bridgehead atoms. The molecule has 0 fully saturated rings. The van der Waals surface area contributed by atoms with Crippen LogP contribution in [0.15, 0.2) is 29.6 Å². The number of benzene rings is 1. The Morgan fingerprint density at radius 1 is 1.41 bits per heavy atom. The molecule has 1 aliphatic rings. The van der Waals surface area contributed by atoms with Crippen LogP contribution in [-0.2, 0) is 13.0 Å². The Labute approximate surface area is 132 Å². The summed E-state index contributed by atoms with van der Waals surface area (Å²) in [6, 6.07) is 8.39. The molecule has 0 saturated carbocycles. The van der Waals surface area contributed by atoms with Gasteiger partial charge in [-0.05, 0) is 29.1 Å². The largest absolute Gasteiger partial charge is 0.390 e. The highest BCUT2D eigenvalue weighted by molar-refractivity contribution is 7.03. The maximum Gasteiger partial charge on any atom is 0.272 e. The molecule has 6 nitrogen and oxygen atoms in total. The van der Waals surface area contributed by atoms with E-state index in [4.69, 9.17) is 0 Å². The Morgan fingerprint density at radius 2 is 2.23 bits per heavy atom. The molecular formula is C15H18N4O2S. The third-order valence-electron chi connectivity index (χ3n) is 3.77. The van der Waals surface area contributed by atoms with Gasteiger partial charge in [-0.1, -0.05) is 28.8 Å². The first kappa shape index (κ1) is 15.1. The topological polar surface area (TPSA) is 78.4 Å². The van der Waals surface area contributed by atoms with Gasteiger partial charge < -0.3 is 10.4 Å². The van der Waals surface area contributed by atoms with Crippen LogP contribution in [0.2, 0.25) is 0 Å². The molecule has 0 radical (unpaired) electrons. The third kappa shape index (κ3) is 3.68. The van der Waals surface area contributed by atoms with Crippen molar-refractivity contribution in [2.75, 3.05) is 19.6 Å². The molecule has 1 aromatic carbocycles. The van der Waals surface area contributed by atoms with Gasteiger partial charge in [0.1, 0.15) is 0 Å². The molecule has 0 aliphatic carbocycles. The number of rotatable bonds is 5. The number of nitrogens with one attached hydrogen (secondary N) is 1. The van der Waals surface area contributed by atoms with Crippen LogP contribution >= 0.6 is 11.5 Å². The Bertz CT molecular complexity index is 632. The molecule has 3 rings (SSSR count). The van der Waals surface area contributed by atoms with E-state index in [-0.39, 0.29) is 12.5 Å². The maximum atomic E-state index is 11.7. The van der Waals surface area contributed by atoms with Gasteiger partial charge in [0.15, 0.2) is 5.69 Å². The number of aliphatic hydroxyl groups excluding tert-OH is 1. The Balaban J connectivity index is 1.46. The Hall–Kier alpha value is -1.83. The number of hydrogen-bond acceptors (Lipinski definition) is 6. The third-order valence-corrected chi connectivity index (χ3v) is 4.27. The molecule has 2 aromatic rings. The lowest BCUT2D eigenvalue weighted by Crippen LogP contribution is -2.42. The van der Waals surface area contributed by atoms with E-state index >= 15 is 0 Å². The molecular weight excluding hydrogens is 300 g/mol. The van der Waals surface area contributed by atoms with Crippen LogP contribution in [0.5, 0.6) is 0 Å². The molecule has 1 aliphatic heterocycles. The lowest BCUT2D eigenvalue weighted by atomic mass is 10.00. The lowest BCUT2D eigenvalue weighted by molar-refractivity contribution is 0.0838. The summed E-state index contributed by atoms with van der Waals surface area (Å²) >= 11 is 1.13. The van der Waals surface area contributed by atoms with E-state index in [0.717, 1.165) is 31.0 Å². The fourth-order valence-electron chi connectivity index (χ4n) is 2.64. The van der Waals surface area contributed by atoms with E-state index in [0.29, 0.717) is 12.2 Å². The van der Waals surface area contributed by atoms with Crippen LogP contribution in [0.3, 0.4) is 0 Å². The Kier molecular flexibility index (Phi) is 4.77. The quantitative estimate of drug-likeness (QED) is 0.848. The van der Waals surface area contributed by atoms with Crippen molar-refractivity contribution >= 4 is 17.4 Å². The number of carbonyl (C=O) groups is 1. The van der Waals surface area contributed by atoms with Gasteiger partial charge in [-0.3, -0.25) is 9.69 Å². The van der Waals surface area contributed by atoms with Crippen LogP contribution in [0.1, 0.15) is 21.6 Å². The maximum absolute atomic E-state index is 11.7. The number of aliphatic hydroxyl groups is 1. The van der Waals surface area contributed by atoms with Gasteiger partial charge in [0, 0.05) is 31.6 Å². The lowest BCUT2D eigenvalue weighted by Gasteiger charge is -2.30. The zero-order chi connectivity index (χ0) is 15.4. The number of aromatic nitrogens is 2. The summed E-state index contributed by atoms with van der Waals surface area (Å²) in [5.41, 5.74) is 3.00. The first-order valence-corrected chi connectivity index (χ1v) is 8.08. The second-order valence-corrected chi connectivity index (χ2v) is 6.02. The van der Waals surface area contributed by atoms with E-state index in [9.17, 15) is 9.90 Å². The summed E-state index contributed by atoms with van der Waals surface area (Å²) in [7, 11) is 0. The van der Waals surface area contributed by atoms with Gasteiger partial charge in [-0.2, -0.15) is 0 Å². The minimum atomic E-state index is -0.596. The molecule has 7 heteroatoms. The number of β-amino-alcohol motifs (C(OH)–C–C–N with tert-alkyl or cyclic N) is 1. The van der Waals surface area contributed by atoms with Gasteiger partial charge in [0.05, 0.1) is 6.10 Å². The zero-order valence-electron chi connectivity index (χ0n) is 12.1. The van der Waals surface area contributed by atoms with Crippen LogP contribution in [0.25, 0.3) is 0 Å².